The fourth-order valence-electron chi connectivity index (χ4n) is 2.33. The number of aromatic nitrogens is 2. The van der Waals surface area contributed by atoms with Gasteiger partial charge in [-0.05, 0) is 24.5 Å². The normalized spacial score (nSPS) is 12.9. The molecule has 0 bridgehead atoms. The number of hydrogen-bond acceptors (Lipinski definition) is 2. The Bertz CT molecular complexity index is 534. The van der Waals surface area contributed by atoms with E-state index in [1.807, 2.05) is 6.07 Å². The second kappa shape index (κ2) is 5.97. The zero-order chi connectivity index (χ0) is 13.8. The predicted octanol–water partition coefficient (Wildman–Crippen LogP) is 3.24. The summed E-state index contributed by atoms with van der Waals surface area (Å²) >= 11 is 0. The van der Waals surface area contributed by atoms with Gasteiger partial charge in [0.25, 0.3) is 0 Å². The molecule has 1 aromatic carbocycles. The highest BCUT2D eigenvalue weighted by Crippen LogP contribution is 2.25. The van der Waals surface area contributed by atoms with Crippen molar-refractivity contribution in [3.05, 3.63) is 42.6 Å². The fraction of sp³-hybridized carbons (Fsp3) is 0.400. The third-order valence-corrected chi connectivity index (χ3v) is 3.20. The lowest BCUT2D eigenvalue weighted by molar-refractivity contribution is 0.409. The van der Waals surface area contributed by atoms with Crippen LogP contribution in [0.1, 0.15) is 26.3 Å². The van der Waals surface area contributed by atoms with Crippen molar-refractivity contribution >= 4 is 0 Å². The van der Waals surface area contributed by atoms with Crippen LogP contribution >= 0.6 is 0 Å². The van der Waals surface area contributed by atoms with Gasteiger partial charge in [0.05, 0.1) is 18.2 Å². The zero-order valence-corrected chi connectivity index (χ0v) is 11.4. The first-order chi connectivity index (χ1) is 9.11. The first-order valence-corrected chi connectivity index (χ1v) is 6.59. The maximum Gasteiger partial charge on any atom is 0.123 e. The molecule has 1 heterocycles. The van der Waals surface area contributed by atoms with E-state index in [0.29, 0.717) is 12.5 Å². The van der Waals surface area contributed by atoms with E-state index in [0.717, 1.165) is 17.7 Å². The largest absolute Gasteiger partial charge is 0.328 e. The molecule has 0 saturated heterocycles. The minimum absolute atomic E-state index is 0.195. The molecule has 0 saturated carbocycles. The number of rotatable bonds is 5. The summed E-state index contributed by atoms with van der Waals surface area (Å²) in [6.45, 7) is 4.89. The molecule has 102 valence electrons. The van der Waals surface area contributed by atoms with E-state index in [1.54, 1.807) is 18.6 Å². The molecule has 3 nitrogen and oxygen atoms in total. The van der Waals surface area contributed by atoms with Crippen molar-refractivity contribution in [1.29, 1.82) is 0 Å². The van der Waals surface area contributed by atoms with E-state index in [4.69, 9.17) is 5.73 Å². The van der Waals surface area contributed by atoms with Gasteiger partial charge in [-0.1, -0.05) is 26.0 Å². The Labute approximate surface area is 113 Å². The van der Waals surface area contributed by atoms with Crippen molar-refractivity contribution in [2.24, 2.45) is 11.7 Å². The lowest BCUT2D eigenvalue weighted by Crippen LogP contribution is -2.21. The van der Waals surface area contributed by atoms with Gasteiger partial charge in [-0.2, -0.15) is 0 Å². The van der Waals surface area contributed by atoms with Crippen molar-refractivity contribution in [3.63, 3.8) is 0 Å². The molecule has 2 rings (SSSR count). The van der Waals surface area contributed by atoms with Crippen LogP contribution < -0.4 is 5.73 Å². The molecule has 1 aromatic heterocycles. The zero-order valence-electron chi connectivity index (χ0n) is 11.4. The SMILES string of the molecule is CC(C)CC(CN)n1cncc1-c1cccc(F)c1. The van der Waals surface area contributed by atoms with Crippen molar-refractivity contribution in [1.82, 2.24) is 9.55 Å². The summed E-state index contributed by atoms with van der Waals surface area (Å²) in [5, 5.41) is 0. The van der Waals surface area contributed by atoms with Gasteiger partial charge in [0, 0.05) is 18.2 Å². The molecule has 4 heteroatoms. The van der Waals surface area contributed by atoms with E-state index in [-0.39, 0.29) is 11.9 Å². The van der Waals surface area contributed by atoms with Crippen molar-refractivity contribution < 1.29 is 4.39 Å². The molecule has 2 N–H and O–H groups in total. The van der Waals surface area contributed by atoms with Crippen LogP contribution in [0.15, 0.2) is 36.8 Å². The molecule has 0 radical (unpaired) electrons. The second-order valence-electron chi connectivity index (χ2n) is 5.22. The third kappa shape index (κ3) is 3.20. The van der Waals surface area contributed by atoms with Crippen LogP contribution in [0.4, 0.5) is 4.39 Å². The minimum Gasteiger partial charge on any atom is -0.328 e. The number of nitrogens with zero attached hydrogens (tertiary/aromatic N) is 2. The van der Waals surface area contributed by atoms with Crippen molar-refractivity contribution in [2.75, 3.05) is 6.54 Å². The van der Waals surface area contributed by atoms with Gasteiger partial charge in [-0.25, -0.2) is 9.37 Å². The highest BCUT2D eigenvalue weighted by molar-refractivity contribution is 5.59. The van der Waals surface area contributed by atoms with Crippen LogP contribution in [0, 0.1) is 11.7 Å². The highest BCUT2D eigenvalue weighted by Gasteiger charge is 2.15. The summed E-state index contributed by atoms with van der Waals surface area (Å²) in [7, 11) is 0. The van der Waals surface area contributed by atoms with Crippen LogP contribution in [0.25, 0.3) is 11.3 Å². The van der Waals surface area contributed by atoms with Gasteiger partial charge in [0.1, 0.15) is 5.82 Å². The maximum absolute atomic E-state index is 13.3. The molecule has 19 heavy (non-hydrogen) atoms. The summed E-state index contributed by atoms with van der Waals surface area (Å²) in [6, 6.07) is 6.76. The number of hydrogen-bond donors (Lipinski definition) is 1. The topological polar surface area (TPSA) is 43.8 Å². The van der Waals surface area contributed by atoms with E-state index in [9.17, 15) is 4.39 Å². The standard InChI is InChI=1S/C15H20FN3/c1-11(2)6-14(8-17)19-10-18-9-15(19)12-4-3-5-13(16)7-12/h3-5,7,9-11,14H,6,8,17H2,1-2H3. The molecule has 0 amide bonds. The van der Waals surface area contributed by atoms with E-state index in [2.05, 4.69) is 23.4 Å². The number of benzene rings is 1. The minimum atomic E-state index is -0.238. The Hall–Kier alpha value is -1.68. The first kappa shape index (κ1) is 13.7. The first-order valence-electron chi connectivity index (χ1n) is 6.59. The Morgan fingerprint density at radius 3 is 2.79 bits per heavy atom. The quantitative estimate of drug-likeness (QED) is 0.898. The van der Waals surface area contributed by atoms with Crippen LogP contribution in [-0.4, -0.2) is 16.1 Å². The molecule has 1 atom stereocenters. The van der Waals surface area contributed by atoms with Gasteiger partial charge >= 0.3 is 0 Å². The lowest BCUT2D eigenvalue weighted by Gasteiger charge is -2.21. The smallest absolute Gasteiger partial charge is 0.123 e. The predicted molar refractivity (Wildman–Crippen MR) is 75.2 cm³/mol. The second-order valence-corrected chi connectivity index (χ2v) is 5.22. The Balaban J connectivity index is 2.36. The summed E-state index contributed by atoms with van der Waals surface area (Å²) in [6.07, 6.45) is 4.52. The maximum atomic E-state index is 13.3. The number of imidazole rings is 1. The van der Waals surface area contributed by atoms with E-state index in [1.165, 1.54) is 12.1 Å². The third-order valence-electron chi connectivity index (χ3n) is 3.20. The van der Waals surface area contributed by atoms with Crippen LogP contribution in [0.2, 0.25) is 0 Å². The van der Waals surface area contributed by atoms with Crippen LogP contribution in [0.5, 0.6) is 0 Å². The van der Waals surface area contributed by atoms with Crippen molar-refractivity contribution in [2.45, 2.75) is 26.3 Å². The van der Waals surface area contributed by atoms with Gasteiger partial charge < -0.3 is 10.3 Å². The van der Waals surface area contributed by atoms with E-state index >= 15 is 0 Å². The summed E-state index contributed by atoms with van der Waals surface area (Å²) in [5.41, 5.74) is 7.61. The number of halogens is 1. The van der Waals surface area contributed by atoms with Crippen molar-refractivity contribution in [3.8, 4) is 11.3 Å². The molecule has 0 aliphatic carbocycles. The van der Waals surface area contributed by atoms with Crippen LogP contribution in [0.3, 0.4) is 0 Å². The molecular formula is C15H20FN3. The molecular weight excluding hydrogens is 241 g/mol. The Kier molecular flexibility index (Phi) is 4.32. The van der Waals surface area contributed by atoms with Gasteiger partial charge in [-0.15, -0.1) is 0 Å². The lowest BCUT2D eigenvalue weighted by atomic mass is 10.0. The summed E-state index contributed by atoms with van der Waals surface area (Å²) in [4.78, 5) is 4.19. The van der Waals surface area contributed by atoms with Crippen LogP contribution in [-0.2, 0) is 0 Å². The van der Waals surface area contributed by atoms with Gasteiger partial charge in [-0.3, -0.25) is 0 Å². The molecule has 0 aliphatic heterocycles. The highest BCUT2D eigenvalue weighted by atomic mass is 19.1. The molecule has 0 fully saturated rings. The van der Waals surface area contributed by atoms with E-state index < -0.39 is 0 Å². The molecule has 1 unspecified atom stereocenters. The van der Waals surface area contributed by atoms with Gasteiger partial charge in [0.15, 0.2) is 0 Å². The summed E-state index contributed by atoms with van der Waals surface area (Å²) in [5.74, 6) is 0.315. The summed E-state index contributed by atoms with van der Waals surface area (Å²) < 4.78 is 15.4. The average molecular weight is 261 g/mol. The fourth-order valence-corrected chi connectivity index (χ4v) is 2.33. The Morgan fingerprint density at radius 2 is 2.16 bits per heavy atom. The molecule has 0 spiro atoms. The molecule has 0 aliphatic rings. The number of nitrogens with two attached hydrogens (primary N) is 1. The average Bonchev–Trinajstić information content (AvgIpc) is 2.84. The van der Waals surface area contributed by atoms with Gasteiger partial charge in [0.2, 0.25) is 0 Å². The Morgan fingerprint density at radius 1 is 1.37 bits per heavy atom. The monoisotopic (exact) mass is 261 g/mol. The molecule has 2 aromatic rings.